The van der Waals surface area contributed by atoms with Crippen LogP contribution in [-0.4, -0.2) is 120 Å². The van der Waals surface area contributed by atoms with Crippen molar-refractivity contribution >= 4 is 69.0 Å². The van der Waals surface area contributed by atoms with Gasteiger partial charge in [-0.2, -0.15) is 9.59 Å². The summed E-state index contributed by atoms with van der Waals surface area (Å²) in [5.74, 6) is 0. The van der Waals surface area contributed by atoms with Gasteiger partial charge in [0.15, 0.2) is 0 Å². The number of anilines is 4. The van der Waals surface area contributed by atoms with Gasteiger partial charge in [-0.05, 0) is 201 Å². The standard InChI is InChI=1S/C23H32N2O2S.C22H30N2O2S.2C19H24N2O3S.CO2/c1-4-5-6-7-8-11-16-24-23-19-12-9-10-13-21(19)25(3)28(26,27)22-17-18(2)14-15-20(22)23;1-4-5-6-7-10-15-23-22-18-11-8-9-12-20(18)24(3)27(25,26)21-16-17(2)13-14-19(21)22;1-14-9-10-16-18(13-14)25(22,23)21(2)17-8-5-4-7-15(17)19(16)20-11-6-12-24-3;1-14-9-10-16-18(13-14)25(23,24)21(2)17-8-4-3-7-15(17)19(16)20-11-5-6-12-22;2-1-3/h9-10,12-15,17,23-24H,4-8,11,16H2,1-3H3;8-9,11-14,16,22-23H,4-7,10,15H2,1-3H3;4-5,7-10,13,19-20H,6,11-12H2,1-3H3;3-4,7-10,13,19-20,22H,5-6,11-12H2,1-2H3;. The molecule has 0 fully saturated rings. The minimum atomic E-state index is -3.61. The van der Waals surface area contributed by atoms with Crippen LogP contribution >= 0.6 is 0 Å². The van der Waals surface area contributed by atoms with E-state index in [9.17, 15) is 33.7 Å². The summed E-state index contributed by atoms with van der Waals surface area (Å²) < 4.78 is 116. The van der Waals surface area contributed by atoms with Gasteiger partial charge in [0, 0.05) is 48.5 Å². The second-order valence-corrected chi connectivity index (χ2v) is 35.6. The van der Waals surface area contributed by atoms with Gasteiger partial charge in [-0.15, -0.1) is 0 Å². The van der Waals surface area contributed by atoms with Gasteiger partial charge in [0.25, 0.3) is 40.1 Å². The van der Waals surface area contributed by atoms with E-state index in [1.807, 2.05) is 173 Å². The molecule has 4 aliphatic rings. The quantitative estimate of drug-likeness (QED) is 0.0333. The van der Waals surface area contributed by atoms with Gasteiger partial charge in [0.2, 0.25) is 0 Å². The number of nitrogens with zero attached hydrogens (tertiary/aromatic N) is 4. The molecule has 0 radical (unpaired) electrons. The van der Waals surface area contributed by atoms with Crippen molar-refractivity contribution in [3.63, 3.8) is 0 Å². The molecule has 0 aliphatic carbocycles. The number of ether oxygens (including phenoxy) is 1. The van der Waals surface area contributed by atoms with Gasteiger partial charge in [-0.25, -0.2) is 33.7 Å². The Kier molecular flexibility index (Phi) is 31.7. The SMILES string of the molecule is CCCCCCCCNC1c2ccccc2N(C)S(=O)(=O)c2cc(C)ccc21.CCCCCCCNC1c2ccccc2N(C)S(=O)(=O)c2cc(C)ccc21.COCCCNC1c2ccccc2N(C)S(=O)(=O)c2cc(C)ccc21.Cc1ccc2c(c1)S(=O)(=O)N(C)c1ccccc1C2NCCCCO.O=C=O. The number of para-hydroxylation sites is 4. The van der Waals surface area contributed by atoms with Crippen LogP contribution in [-0.2, 0) is 54.4 Å². The van der Waals surface area contributed by atoms with E-state index in [0.29, 0.717) is 44.1 Å². The van der Waals surface area contributed by atoms with Crippen molar-refractivity contribution in [2.24, 2.45) is 0 Å². The first-order chi connectivity index (χ1) is 51.8. The number of benzene rings is 8. The molecule has 0 spiro atoms. The van der Waals surface area contributed by atoms with Crippen LogP contribution in [0.5, 0.6) is 0 Å². The Morgan fingerprint density at radius 1 is 0.343 bits per heavy atom. The third-order valence-electron chi connectivity index (χ3n) is 20.1. The van der Waals surface area contributed by atoms with Gasteiger partial charge >= 0.3 is 6.15 Å². The van der Waals surface area contributed by atoms with E-state index in [1.165, 1.54) is 75.0 Å². The van der Waals surface area contributed by atoms with Crippen LogP contribution in [0.1, 0.15) is 195 Å². The molecule has 12 rings (SSSR count). The monoisotopic (exact) mass is 1550 g/mol. The highest BCUT2D eigenvalue weighted by molar-refractivity contribution is 7.93. The average molecular weight is 1550 g/mol. The first-order valence-corrected chi connectivity index (χ1v) is 43.3. The molecule has 0 aromatic heterocycles. The minimum Gasteiger partial charge on any atom is -0.396 e. The Bertz CT molecular complexity index is 4680. The van der Waals surface area contributed by atoms with Crippen LogP contribution in [0, 0.1) is 27.7 Å². The van der Waals surface area contributed by atoms with E-state index in [2.05, 4.69) is 35.1 Å². The topological polar surface area (TPSA) is 261 Å². The zero-order valence-corrected chi connectivity index (χ0v) is 67.7. The lowest BCUT2D eigenvalue weighted by atomic mass is 9.96. The van der Waals surface area contributed by atoms with E-state index in [4.69, 9.17) is 19.4 Å². The molecule has 8 aromatic carbocycles. The van der Waals surface area contributed by atoms with Crippen LogP contribution < -0.4 is 38.5 Å². The summed E-state index contributed by atoms with van der Waals surface area (Å²) in [6.45, 7) is 16.2. The van der Waals surface area contributed by atoms with Crippen molar-refractivity contribution in [3.05, 3.63) is 237 Å². The number of hydrogen-bond donors (Lipinski definition) is 5. The van der Waals surface area contributed by atoms with Crippen LogP contribution in [0.25, 0.3) is 0 Å². The van der Waals surface area contributed by atoms with Crippen LogP contribution in [0.2, 0.25) is 0 Å². The maximum Gasteiger partial charge on any atom is 0.373 e. The normalized spacial score (nSPS) is 17.6. The summed E-state index contributed by atoms with van der Waals surface area (Å²) in [6, 6.07) is 53.0. The number of aryl methyl sites for hydroxylation is 4. The lowest BCUT2D eigenvalue weighted by molar-refractivity contribution is -0.191. The van der Waals surface area contributed by atoms with Gasteiger partial charge in [0.05, 0.1) is 66.5 Å². The highest BCUT2D eigenvalue weighted by atomic mass is 32.2. The Hall–Kier alpha value is -8.10. The highest BCUT2D eigenvalue weighted by Gasteiger charge is 2.39. The molecule has 582 valence electrons. The third kappa shape index (κ3) is 20.3. The molecular formula is C84H110N8O12S4. The molecule has 20 nitrogen and oxygen atoms in total. The van der Waals surface area contributed by atoms with Gasteiger partial charge in [-0.1, -0.05) is 193 Å². The summed E-state index contributed by atoms with van der Waals surface area (Å²) in [4.78, 5) is 17.8. The Morgan fingerprint density at radius 2 is 0.574 bits per heavy atom. The van der Waals surface area contributed by atoms with Crippen molar-refractivity contribution in [1.82, 2.24) is 21.3 Å². The fourth-order valence-electron chi connectivity index (χ4n) is 14.2. The molecule has 0 amide bonds. The molecule has 4 atom stereocenters. The van der Waals surface area contributed by atoms with E-state index < -0.39 is 40.1 Å². The van der Waals surface area contributed by atoms with Crippen LogP contribution in [0.3, 0.4) is 0 Å². The molecule has 5 N–H and O–H groups in total. The fraction of sp³-hybridized carbons (Fsp3) is 0.417. The van der Waals surface area contributed by atoms with Crippen LogP contribution in [0.4, 0.5) is 22.7 Å². The molecule has 0 bridgehead atoms. The van der Waals surface area contributed by atoms with Gasteiger partial charge in [-0.3, -0.25) is 17.2 Å². The highest BCUT2D eigenvalue weighted by Crippen LogP contribution is 2.45. The minimum absolute atomic E-state index is 0.122. The van der Waals surface area contributed by atoms with Crippen molar-refractivity contribution in [2.45, 2.75) is 175 Å². The summed E-state index contributed by atoms with van der Waals surface area (Å²) in [5, 5.41) is 23.3. The first-order valence-electron chi connectivity index (χ1n) is 37.5. The number of hydrogen-bond acceptors (Lipinski definition) is 16. The number of sulfonamides is 4. The zero-order valence-electron chi connectivity index (χ0n) is 64.5. The molecular weight excluding hydrogens is 1440 g/mol. The van der Waals surface area contributed by atoms with Crippen molar-refractivity contribution < 1.29 is 53.1 Å². The van der Waals surface area contributed by atoms with Gasteiger partial charge in [0.1, 0.15) is 0 Å². The van der Waals surface area contributed by atoms with E-state index in [1.54, 1.807) is 59.6 Å². The molecule has 4 aliphatic heterocycles. The molecule has 4 heterocycles. The first kappa shape index (κ1) is 85.5. The summed E-state index contributed by atoms with van der Waals surface area (Å²) in [6.07, 6.45) is 16.2. The number of carbonyl (C=O) groups excluding carboxylic acids is 2. The van der Waals surface area contributed by atoms with Gasteiger partial charge < -0.3 is 31.1 Å². The van der Waals surface area contributed by atoms with E-state index >= 15 is 0 Å². The van der Waals surface area contributed by atoms with Crippen molar-refractivity contribution in [2.75, 3.05) is 91.9 Å². The number of rotatable bonds is 25. The lowest BCUT2D eigenvalue weighted by Crippen LogP contribution is -2.26. The average Bonchev–Trinajstić information content (AvgIpc) is 1.62. The summed E-state index contributed by atoms with van der Waals surface area (Å²) >= 11 is 0. The maximum absolute atomic E-state index is 13.3. The molecule has 24 heteroatoms. The molecule has 108 heavy (non-hydrogen) atoms. The number of aliphatic hydroxyl groups is 1. The molecule has 8 aromatic rings. The Balaban J connectivity index is 0.000000179. The predicted molar refractivity (Wildman–Crippen MR) is 432 cm³/mol. The number of nitrogens with one attached hydrogen (secondary N) is 4. The number of methoxy groups -OCH3 is 1. The third-order valence-corrected chi connectivity index (χ3v) is 27.4. The predicted octanol–water partition coefficient (Wildman–Crippen LogP) is 14.8. The van der Waals surface area contributed by atoms with Crippen LogP contribution in [0.15, 0.2) is 189 Å². The maximum atomic E-state index is 13.3. The lowest BCUT2D eigenvalue weighted by Gasteiger charge is -2.22. The second kappa shape index (κ2) is 40.0. The second-order valence-electron chi connectivity index (χ2n) is 27.9. The van der Waals surface area contributed by atoms with Crippen molar-refractivity contribution in [3.8, 4) is 0 Å². The molecule has 4 unspecified atom stereocenters. The number of aliphatic hydroxyl groups excluding tert-OH is 1. The van der Waals surface area contributed by atoms with Crippen molar-refractivity contribution in [1.29, 1.82) is 0 Å². The number of unbranched alkanes of at least 4 members (excludes halogenated alkanes) is 10. The Labute approximate surface area is 642 Å². The zero-order chi connectivity index (χ0) is 78.3. The van der Waals surface area contributed by atoms with E-state index in [0.717, 1.165) is 130 Å². The molecule has 0 saturated carbocycles. The summed E-state index contributed by atoms with van der Waals surface area (Å²) in [7, 11) is -6.15. The molecule has 0 saturated heterocycles. The number of fused-ring (bicyclic) bond motifs is 8. The summed E-state index contributed by atoms with van der Waals surface area (Å²) in [5.41, 5.74) is 13.8. The Morgan fingerprint density at radius 3 is 0.824 bits per heavy atom. The fourth-order valence-corrected chi connectivity index (χ4v) is 20.4. The largest absolute Gasteiger partial charge is 0.396 e. The smallest absolute Gasteiger partial charge is 0.373 e. The van der Waals surface area contributed by atoms with E-state index in [-0.39, 0.29) is 36.9 Å².